The number of fused-ring (bicyclic) bond motifs is 1. The number of rotatable bonds is 17. The topological polar surface area (TPSA) is 205 Å². The van der Waals surface area contributed by atoms with Gasteiger partial charge in [0, 0.05) is 93.4 Å². The number of aliphatic hydroxyl groups is 1. The summed E-state index contributed by atoms with van der Waals surface area (Å²) in [6, 6.07) is 28.2. The van der Waals surface area contributed by atoms with E-state index in [0.29, 0.717) is 42.7 Å². The number of piperazine rings is 1. The van der Waals surface area contributed by atoms with Crippen molar-refractivity contribution in [3.05, 3.63) is 136 Å². The van der Waals surface area contributed by atoms with Gasteiger partial charge in [-0.25, -0.2) is 18.1 Å². The third kappa shape index (κ3) is 11.5. The highest BCUT2D eigenvalue weighted by Gasteiger charge is 2.50. The molecule has 0 bridgehead atoms. The fourth-order valence-corrected chi connectivity index (χ4v) is 13.1. The van der Waals surface area contributed by atoms with Gasteiger partial charge in [-0.2, -0.15) is 0 Å². The molecule has 4 aliphatic rings. The van der Waals surface area contributed by atoms with Gasteiger partial charge < -0.3 is 34.5 Å². The van der Waals surface area contributed by atoms with Crippen molar-refractivity contribution in [2.45, 2.75) is 107 Å². The molecule has 6 aromatic rings. The maximum Gasteiger partial charge on any atom is 0.293 e. The predicted molar refractivity (Wildman–Crippen MR) is 293 cm³/mol. The van der Waals surface area contributed by atoms with Crippen LogP contribution in [0.2, 0.25) is 0 Å². The number of carbonyl (C=O) groups is 1. The molecule has 17 nitrogen and oxygen atoms in total. The number of nitro benzene ring substituents is 1. The highest BCUT2D eigenvalue weighted by atomic mass is 32.2. The van der Waals surface area contributed by atoms with Crippen LogP contribution in [0.1, 0.15) is 111 Å². The van der Waals surface area contributed by atoms with Crippen LogP contribution in [0.4, 0.5) is 17.1 Å². The number of nitrogens with one attached hydrogen (secondary N) is 3. The maximum absolute atomic E-state index is 14.1. The van der Waals surface area contributed by atoms with Crippen molar-refractivity contribution in [3.8, 4) is 23.0 Å². The lowest BCUT2D eigenvalue weighted by atomic mass is 9.59. The number of pyridine rings is 1. The van der Waals surface area contributed by atoms with Gasteiger partial charge in [0.05, 0.1) is 41.4 Å². The number of benzene rings is 4. The average molecular weight is 1060 g/mol. The van der Waals surface area contributed by atoms with Gasteiger partial charge in [-0.3, -0.25) is 24.7 Å². The fraction of sp³-hybridized carbons (Fsp3) is 0.448. The second-order valence-corrected chi connectivity index (χ2v) is 23.8. The Balaban J connectivity index is 0.832. The van der Waals surface area contributed by atoms with Crippen molar-refractivity contribution in [2.75, 3.05) is 63.7 Å². The smallest absolute Gasteiger partial charge is 0.293 e. The molecule has 1 unspecified atom stereocenters. The van der Waals surface area contributed by atoms with Crippen LogP contribution in [0.15, 0.2) is 108 Å². The lowest BCUT2D eigenvalue weighted by molar-refractivity contribution is -0.384. The molecule has 2 saturated carbocycles. The molecule has 10 rings (SSSR count). The van der Waals surface area contributed by atoms with E-state index in [1.807, 2.05) is 25.1 Å². The minimum atomic E-state index is -4.60. The molecule has 2 aromatic heterocycles. The van der Waals surface area contributed by atoms with Crippen LogP contribution in [0, 0.1) is 21.4 Å². The molecule has 4 N–H and O–H groups in total. The van der Waals surface area contributed by atoms with Crippen LogP contribution < -0.4 is 29.1 Å². The van der Waals surface area contributed by atoms with Crippen molar-refractivity contribution >= 4 is 44.0 Å². The number of piperidine rings is 1. The number of hydrogen-bond acceptors (Lipinski definition) is 14. The number of anilines is 2. The molecule has 4 aromatic carbocycles. The minimum Gasteiger partial charge on any atom is -0.497 e. The third-order valence-corrected chi connectivity index (χ3v) is 17.9. The summed E-state index contributed by atoms with van der Waals surface area (Å²) in [5.74, 6) is 1.71. The molecule has 4 heterocycles. The number of hydrogen-bond donors (Lipinski definition) is 4. The fourth-order valence-electron chi connectivity index (χ4n) is 12.1. The minimum absolute atomic E-state index is 0.0343. The molecule has 18 heteroatoms. The lowest BCUT2D eigenvalue weighted by Crippen LogP contribution is -2.60. The van der Waals surface area contributed by atoms with Gasteiger partial charge in [-0.15, -0.1) is 0 Å². The Bertz CT molecular complexity index is 3170. The number of carbonyl (C=O) groups excluding carboxylic acids is 1. The van der Waals surface area contributed by atoms with E-state index in [4.69, 9.17) is 14.2 Å². The van der Waals surface area contributed by atoms with Gasteiger partial charge in [-0.05, 0) is 141 Å². The number of nitro groups is 1. The van der Waals surface area contributed by atoms with Crippen molar-refractivity contribution in [1.82, 2.24) is 24.5 Å². The molecular formula is C58H70N8O9S. The Labute approximate surface area is 445 Å². The monoisotopic (exact) mass is 1050 g/mol. The molecule has 76 heavy (non-hydrogen) atoms. The van der Waals surface area contributed by atoms with Crippen molar-refractivity contribution < 1.29 is 37.5 Å². The molecule has 2 aliphatic carbocycles. The summed E-state index contributed by atoms with van der Waals surface area (Å²) in [5.41, 5.74) is 4.66. The SMILES string of the molecule is COc1cc(CN2CCN(C3CC4(CCN(c5ccc(C(=O)NS(=O)(=O)c6ccc(NC[C@H]7CC[C@](C)(O)CC7)c([N+](=O)[O-])c6)c(Oc6cnc7[nH]ccc7c6)c5)CC4)C3)C(c3ccccc3C(C)C)C2)cc(OC)c1. The zero-order valence-corrected chi connectivity index (χ0v) is 44.9. The Morgan fingerprint density at radius 1 is 0.908 bits per heavy atom. The van der Waals surface area contributed by atoms with E-state index in [1.54, 1.807) is 38.6 Å². The summed E-state index contributed by atoms with van der Waals surface area (Å²) in [6.45, 7) is 12.1. The predicted octanol–water partition coefficient (Wildman–Crippen LogP) is 10.2. The van der Waals surface area contributed by atoms with Gasteiger partial charge in [0.2, 0.25) is 0 Å². The van der Waals surface area contributed by atoms with E-state index in [9.17, 15) is 28.4 Å². The molecule has 2 aliphatic heterocycles. The first-order chi connectivity index (χ1) is 36.5. The van der Waals surface area contributed by atoms with Crippen molar-refractivity contribution in [3.63, 3.8) is 0 Å². The number of nitrogens with zero attached hydrogens (tertiary/aromatic N) is 5. The van der Waals surface area contributed by atoms with Gasteiger partial charge in [0.15, 0.2) is 0 Å². The summed E-state index contributed by atoms with van der Waals surface area (Å²) >= 11 is 0. The average Bonchev–Trinajstić information content (AvgIpc) is 3.93. The van der Waals surface area contributed by atoms with Crippen LogP contribution in [0.25, 0.3) is 11.0 Å². The first-order valence-electron chi connectivity index (χ1n) is 26.6. The van der Waals surface area contributed by atoms with E-state index < -0.39 is 37.0 Å². The van der Waals surface area contributed by atoms with Gasteiger partial charge in [0.1, 0.15) is 34.3 Å². The normalized spacial score (nSPS) is 21.3. The van der Waals surface area contributed by atoms with Crippen LogP contribution in [-0.4, -0.2) is 109 Å². The second kappa shape index (κ2) is 21.7. The first-order valence-corrected chi connectivity index (χ1v) is 28.1. The highest BCUT2D eigenvalue weighted by Crippen LogP contribution is 2.53. The van der Waals surface area contributed by atoms with Crippen molar-refractivity contribution in [2.24, 2.45) is 11.3 Å². The Morgan fingerprint density at radius 2 is 1.64 bits per heavy atom. The van der Waals surface area contributed by atoms with Gasteiger partial charge in [0.25, 0.3) is 21.6 Å². The molecule has 402 valence electrons. The van der Waals surface area contributed by atoms with E-state index in [1.165, 1.54) is 35.0 Å². The molecule has 0 radical (unpaired) electrons. The Morgan fingerprint density at radius 3 is 2.36 bits per heavy atom. The molecular weight excluding hydrogens is 985 g/mol. The Kier molecular flexibility index (Phi) is 15.1. The molecule has 1 atom stereocenters. The lowest BCUT2D eigenvalue weighted by Gasteiger charge is -2.58. The summed E-state index contributed by atoms with van der Waals surface area (Å²) in [4.78, 5) is 40.5. The first kappa shape index (κ1) is 52.7. The zero-order valence-electron chi connectivity index (χ0n) is 44.1. The largest absolute Gasteiger partial charge is 0.497 e. The number of aromatic amines is 1. The van der Waals surface area contributed by atoms with Crippen LogP contribution >= 0.6 is 0 Å². The maximum atomic E-state index is 14.1. The molecule has 1 spiro atoms. The van der Waals surface area contributed by atoms with Gasteiger partial charge >= 0.3 is 0 Å². The summed E-state index contributed by atoms with van der Waals surface area (Å²) < 4.78 is 47.5. The second-order valence-electron chi connectivity index (χ2n) is 22.1. The van der Waals surface area contributed by atoms with E-state index >= 15 is 0 Å². The van der Waals surface area contributed by atoms with E-state index in [2.05, 4.69) is 85.0 Å². The Hall–Kier alpha value is -6.73. The summed E-state index contributed by atoms with van der Waals surface area (Å²) in [7, 11) is -1.22. The quantitative estimate of drug-likeness (QED) is 0.0496. The third-order valence-electron chi connectivity index (χ3n) is 16.6. The number of H-pyrrole nitrogens is 1. The highest BCUT2D eigenvalue weighted by molar-refractivity contribution is 7.90. The summed E-state index contributed by atoms with van der Waals surface area (Å²) in [6.07, 6.45) is 10.3. The number of ether oxygens (including phenoxy) is 3. The van der Waals surface area contributed by atoms with E-state index in [-0.39, 0.29) is 34.4 Å². The number of methoxy groups -OCH3 is 2. The molecule has 2 saturated heterocycles. The number of sulfonamides is 1. The van der Waals surface area contributed by atoms with Crippen molar-refractivity contribution in [1.29, 1.82) is 0 Å². The zero-order chi connectivity index (χ0) is 53.4. The number of aromatic nitrogens is 2. The van der Waals surface area contributed by atoms with Crippen LogP contribution in [0.3, 0.4) is 0 Å². The summed E-state index contributed by atoms with van der Waals surface area (Å²) in [5, 5.41) is 26.5. The van der Waals surface area contributed by atoms with Crippen LogP contribution in [0.5, 0.6) is 23.0 Å². The number of amides is 1. The standard InChI is InChI=1S/C58H70N8O9S/c1-38(2)48-8-6-7-9-49(48)53-37-63(36-40-26-44(73-4)30-45(27-40)74-5)24-25-65(53)43-32-58(33-43)19-22-64(23-20-58)42-10-12-50(54(29-42)75-46-28-41-16-21-59-55(41)61-35-46)56(67)62-76(71,72)47-11-13-51(52(31-47)66(69)70)60-34-39-14-17-57(3,68)18-15-39/h6-13,16,21,26-31,35,38-39,43,53,60,68H,14-15,17-20,22-25,32-34,36-37H2,1-5H3,(H,59,61)(H,62,67)/t39-,53?,57-. The molecule has 4 fully saturated rings. The van der Waals surface area contributed by atoms with Crippen LogP contribution in [-0.2, 0) is 16.6 Å². The van der Waals surface area contributed by atoms with Gasteiger partial charge in [-0.1, -0.05) is 38.1 Å². The van der Waals surface area contributed by atoms with E-state index in [0.717, 1.165) is 106 Å². The molecule has 1 amide bonds.